The van der Waals surface area contributed by atoms with Crippen molar-refractivity contribution < 1.29 is 22.3 Å². The number of nitrogens with zero attached hydrogens (tertiary/aromatic N) is 3. The molecule has 10 heteroatoms. The molecule has 180 valence electrons. The fourth-order valence-corrected chi connectivity index (χ4v) is 5.70. The Morgan fingerprint density at radius 1 is 1.21 bits per heavy atom. The van der Waals surface area contributed by atoms with Crippen LogP contribution in [0.5, 0.6) is 5.75 Å². The first-order valence-electron chi connectivity index (χ1n) is 11.0. The van der Waals surface area contributed by atoms with Crippen LogP contribution in [0.4, 0.5) is 4.39 Å². The number of carbonyl (C=O) groups excluding carboxylic acids is 1. The Morgan fingerprint density at radius 3 is 2.59 bits per heavy atom. The number of ether oxygens (including phenoxy) is 1. The van der Waals surface area contributed by atoms with Crippen LogP contribution in [-0.2, 0) is 21.9 Å². The van der Waals surface area contributed by atoms with Gasteiger partial charge in [0.15, 0.2) is 0 Å². The number of imidazole rings is 1. The summed E-state index contributed by atoms with van der Waals surface area (Å²) in [5.41, 5.74) is 0.295. The predicted molar refractivity (Wildman–Crippen MR) is 124 cm³/mol. The summed E-state index contributed by atoms with van der Waals surface area (Å²) in [6, 6.07) is 11.6. The topological polar surface area (TPSA) is 93.5 Å². The molecule has 1 fully saturated rings. The molecule has 2 heterocycles. The molecule has 1 aliphatic heterocycles. The minimum atomic E-state index is -3.77. The largest absolute Gasteiger partial charge is 0.497 e. The molecule has 1 saturated heterocycles. The molecule has 4 rings (SSSR count). The highest BCUT2D eigenvalue weighted by atomic mass is 32.2. The summed E-state index contributed by atoms with van der Waals surface area (Å²) in [5.74, 6) is -0.328. The second-order valence-corrected chi connectivity index (χ2v) is 10.2. The molecule has 0 spiro atoms. The van der Waals surface area contributed by atoms with Crippen molar-refractivity contribution in [1.29, 1.82) is 0 Å². The van der Waals surface area contributed by atoms with Crippen LogP contribution in [-0.4, -0.2) is 48.4 Å². The van der Waals surface area contributed by atoms with Gasteiger partial charge in [0.05, 0.1) is 17.9 Å². The lowest BCUT2D eigenvalue weighted by atomic mass is 9.97. The third kappa shape index (κ3) is 4.83. The molecule has 2 atom stereocenters. The first-order chi connectivity index (χ1) is 16.3. The smallest absolute Gasteiger partial charge is 0.243 e. The van der Waals surface area contributed by atoms with Gasteiger partial charge in [-0.3, -0.25) is 4.79 Å². The van der Waals surface area contributed by atoms with E-state index in [4.69, 9.17) is 4.74 Å². The van der Waals surface area contributed by atoms with E-state index in [0.717, 1.165) is 0 Å². The summed E-state index contributed by atoms with van der Waals surface area (Å²) in [6.45, 7) is 0.374. The number of aryl methyl sites for hydroxylation is 1. The summed E-state index contributed by atoms with van der Waals surface area (Å²) < 4.78 is 49.1. The fourth-order valence-electron chi connectivity index (χ4n) is 4.18. The summed E-state index contributed by atoms with van der Waals surface area (Å²) in [4.78, 5) is 17.7. The molecule has 2 unspecified atom stereocenters. The molecule has 0 aliphatic carbocycles. The fraction of sp³-hybridized carbons (Fsp3) is 0.333. The molecule has 0 bridgehead atoms. The maximum Gasteiger partial charge on any atom is 0.243 e. The molecule has 1 amide bonds. The lowest BCUT2D eigenvalue weighted by Crippen LogP contribution is -2.46. The van der Waals surface area contributed by atoms with E-state index in [2.05, 4.69) is 10.3 Å². The number of methoxy groups -OCH3 is 1. The molecule has 0 radical (unpaired) electrons. The monoisotopic (exact) mass is 486 g/mol. The quantitative estimate of drug-likeness (QED) is 0.554. The van der Waals surface area contributed by atoms with Crippen LogP contribution in [0.3, 0.4) is 0 Å². The third-order valence-corrected chi connectivity index (χ3v) is 7.95. The van der Waals surface area contributed by atoms with Gasteiger partial charge < -0.3 is 14.6 Å². The molecule has 8 nitrogen and oxygen atoms in total. The van der Waals surface area contributed by atoms with E-state index in [1.165, 1.54) is 29.6 Å². The average Bonchev–Trinajstić information content (AvgIpc) is 3.28. The number of piperidine rings is 1. The minimum absolute atomic E-state index is 0.0464. The zero-order chi connectivity index (χ0) is 24.3. The maximum atomic E-state index is 14.6. The van der Waals surface area contributed by atoms with Crippen LogP contribution in [0.1, 0.15) is 30.3 Å². The number of halogens is 1. The number of nitrogens with one attached hydrogen (secondary N) is 1. The van der Waals surface area contributed by atoms with Gasteiger partial charge in [-0.15, -0.1) is 0 Å². The standard InChI is InChI=1S/C24H27FN4O4S/c1-28-15-13-26-23(28)22(20-7-3-4-8-21(20)25)27-24(30)17-6-5-14-29(16-17)34(31,32)19-11-9-18(33-2)10-12-19/h3-4,7-13,15,17,22H,5-6,14,16H2,1-2H3,(H,27,30). The summed E-state index contributed by atoms with van der Waals surface area (Å²) >= 11 is 0. The highest BCUT2D eigenvalue weighted by Crippen LogP contribution is 2.28. The van der Waals surface area contributed by atoms with Gasteiger partial charge in [-0.05, 0) is 43.2 Å². The first-order valence-corrected chi connectivity index (χ1v) is 12.4. The normalized spacial score (nSPS) is 17.8. The highest BCUT2D eigenvalue weighted by Gasteiger charge is 2.35. The van der Waals surface area contributed by atoms with Crippen molar-refractivity contribution in [1.82, 2.24) is 19.2 Å². The Morgan fingerprint density at radius 2 is 1.94 bits per heavy atom. The molecule has 1 aliphatic rings. The van der Waals surface area contributed by atoms with Crippen LogP contribution < -0.4 is 10.1 Å². The van der Waals surface area contributed by atoms with Crippen LogP contribution in [0.15, 0.2) is 65.8 Å². The van der Waals surface area contributed by atoms with E-state index in [0.29, 0.717) is 36.5 Å². The Hall–Kier alpha value is -3.24. The molecule has 3 aromatic rings. The van der Waals surface area contributed by atoms with Crippen molar-refractivity contribution in [2.75, 3.05) is 20.2 Å². The number of aromatic nitrogens is 2. The third-order valence-electron chi connectivity index (χ3n) is 6.07. The number of benzene rings is 2. The van der Waals surface area contributed by atoms with Gasteiger partial charge in [0, 0.05) is 38.1 Å². The van der Waals surface area contributed by atoms with Gasteiger partial charge in [0.25, 0.3) is 0 Å². The number of amides is 1. The Bertz CT molecular complexity index is 1260. The number of carbonyl (C=O) groups is 1. The Balaban J connectivity index is 1.54. The van der Waals surface area contributed by atoms with Crippen molar-refractivity contribution in [3.8, 4) is 5.75 Å². The van der Waals surface area contributed by atoms with Crippen molar-refractivity contribution in [3.63, 3.8) is 0 Å². The number of hydrogen-bond acceptors (Lipinski definition) is 5. The lowest BCUT2D eigenvalue weighted by molar-refractivity contribution is -0.126. The van der Waals surface area contributed by atoms with E-state index in [1.807, 2.05) is 0 Å². The average molecular weight is 487 g/mol. The van der Waals surface area contributed by atoms with E-state index < -0.39 is 27.8 Å². The molecule has 34 heavy (non-hydrogen) atoms. The van der Waals surface area contributed by atoms with Gasteiger partial charge in [0.2, 0.25) is 15.9 Å². The van der Waals surface area contributed by atoms with Crippen molar-refractivity contribution in [2.45, 2.75) is 23.8 Å². The highest BCUT2D eigenvalue weighted by molar-refractivity contribution is 7.89. The van der Waals surface area contributed by atoms with Gasteiger partial charge >= 0.3 is 0 Å². The van der Waals surface area contributed by atoms with Crippen LogP contribution in [0.2, 0.25) is 0 Å². The van der Waals surface area contributed by atoms with Gasteiger partial charge in [0.1, 0.15) is 23.4 Å². The molecular formula is C24H27FN4O4S. The van der Waals surface area contributed by atoms with Crippen molar-refractivity contribution in [2.24, 2.45) is 13.0 Å². The van der Waals surface area contributed by atoms with Crippen LogP contribution >= 0.6 is 0 Å². The SMILES string of the molecule is COc1ccc(S(=O)(=O)N2CCCC(C(=O)NC(c3ccccc3F)c3nccn3C)C2)cc1. The van der Waals surface area contributed by atoms with E-state index in [-0.39, 0.29) is 17.3 Å². The second-order valence-electron chi connectivity index (χ2n) is 8.24. The van der Waals surface area contributed by atoms with Gasteiger partial charge in [-0.25, -0.2) is 17.8 Å². The second kappa shape index (κ2) is 9.94. The van der Waals surface area contributed by atoms with E-state index >= 15 is 0 Å². The molecular weight excluding hydrogens is 459 g/mol. The zero-order valence-electron chi connectivity index (χ0n) is 19.0. The molecule has 0 saturated carbocycles. The van der Waals surface area contributed by atoms with E-state index in [9.17, 15) is 17.6 Å². The molecule has 1 N–H and O–H groups in total. The van der Waals surface area contributed by atoms with Crippen LogP contribution in [0.25, 0.3) is 0 Å². The summed E-state index contributed by atoms with van der Waals surface area (Å²) in [7, 11) is -0.489. The Labute approximate surface area is 198 Å². The van der Waals surface area contributed by atoms with E-state index in [1.54, 1.807) is 54.3 Å². The lowest BCUT2D eigenvalue weighted by Gasteiger charge is -2.32. The van der Waals surface area contributed by atoms with Gasteiger partial charge in [-0.1, -0.05) is 18.2 Å². The molecule has 1 aromatic heterocycles. The number of rotatable bonds is 7. The Kier molecular flexibility index (Phi) is 6.99. The van der Waals surface area contributed by atoms with Gasteiger partial charge in [-0.2, -0.15) is 4.31 Å². The van der Waals surface area contributed by atoms with Crippen LogP contribution in [0, 0.1) is 11.7 Å². The zero-order valence-corrected chi connectivity index (χ0v) is 19.8. The predicted octanol–water partition coefficient (Wildman–Crippen LogP) is 2.87. The number of sulfonamides is 1. The molecule has 2 aromatic carbocycles. The summed E-state index contributed by atoms with van der Waals surface area (Å²) in [6.07, 6.45) is 4.38. The first kappa shape index (κ1) is 23.9. The van der Waals surface area contributed by atoms with Crippen molar-refractivity contribution in [3.05, 3.63) is 78.1 Å². The summed E-state index contributed by atoms with van der Waals surface area (Å²) in [5, 5.41) is 2.91. The van der Waals surface area contributed by atoms with Crippen molar-refractivity contribution >= 4 is 15.9 Å². The minimum Gasteiger partial charge on any atom is -0.497 e. The number of hydrogen-bond donors (Lipinski definition) is 1. The maximum absolute atomic E-state index is 14.6.